The van der Waals surface area contributed by atoms with E-state index < -0.39 is 5.82 Å². The van der Waals surface area contributed by atoms with E-state index in [1.54, 1.807) is 7.11 Å². The zero-order valence-corrected chi connectivity index (χ0v) is 21.6. The van der Waals surface area contributed by atoms with E-state index in [0.29, 0.717) is 39.2 Å². The summed E-state index contributed by atoms with van der Waals surface area (Å²) >= 11 is 1.44. The quantitative estimate of drug-likeness (QED) is 0.175. The molecule has 2 unspecified atom stereocenters. The van der Waals surface area contributed by atoms with Crippen LogP contribution < -0.4 is 9.64 Å². The van der Waals surface area contributed by atoms with Crippen molar-refractivity contribution >= 4 is 39.3 Å². The van der Waals surface area contributed by atoms with Crippen LogP contribution in [0.15, 0.2) is 41.6 Å². The number of hydrogen-bond acceptors (Lipinski definition) is 7. The maximum atomic E-state index is 16.4. The Morgan fingerprint density at radius 1 is 1.08 bits per heavy atom. The first-order valence-electron chi connectivity index (χ1n) is 12.4. The van der Waals surface area contributed by atoms with E-state index in [2.05, 4.69) is 9.88 Å². The van der Waals surface area contributed by atoms with E-state index in [1.165, 1.54) is 31.0 Å². The minimum absolute atomic E-state index is 0.107. The summed E-state index contributed by atoms with van der Waals surface area (Å²) in [5.74, 6) is 2.36. The fourth-order valence-electron chi connectivity index (χ4n) is 5.87. The van der Waals surface area contributed by atoms with E-state index >= 15 is 4.39 Å². The van der Waals surface area contributed by atoms with E-state index in [1.807, 2.05) is 49.6 Å². The highest BCUT2D eigenvalue weighted by atomic mass is 32.2. The van der Waals surface area contributed by atoms with Crippen molar-refractivity contribution < 1.29 is 13.9 Å². The predicted octanol–water partition coefficient (Wildman–Crippen LogP) is 6.23. The summed E-state index contributed by atoms with van der Waals surface area (Å²) in [6, 6.07) is 11.6. The van der Waals surface area contributed by atoms with E-state index in [-0.39, 0.29) is 12.5 Å². The lowest BCUT2D eigenvalue weighted by Crippen LogP contribution is -2.37. The molecule has 2 bridgehead atoms. The van der Waals surface area contributed by atoms with Crippen LogP contribution in [0.2, 0.25) is 0 Å². The van der Waals surface area contributed by atoms with Gasteiger partial charge >= 0.3 is 0 Å². The topological polar surface area (TPSA) is 60.4 Å². The third-order valence-corrected chi connectivity index (χ3v) is 8.00. The van der Waals surface area contributed by atoms with E-state index in [4.69, 9.17) is 19.4 Å². The third kappa shape index (κ3) is 4.06. The molecule has 2 atom stereocenters. The van der Waals surface area contributed by atoms with Crippen molar-refractivity contribution in [2.75, 3.05) is 38.1 Å². The molecule has 2 fully saturated rings. The number of nitrogens with zero attached hydrogens (tertiary/aromatic N) is 4. The van der Waals surface area contributed by atoms with Crippen molar-refractivity contribution in [3.05, 3.63) is 47.9 Å². The van der Waals surface area contributed by atoms with Gasteiger partial charge in [-0.15, -0.1) is 0 Å². The molecule has 4 aromatic rings. The first-order chi connectivity index (χ1) is 17.6. The molecule has 0 N–H and O–H groups in total. The Morgan fingerprint density at radius 3 is 2.61 bits per heavy atom. The Balaban J connectivity index is 1.56. The highest BCUT2D eigenvalue weighted by Crippen LogP contribution is 2.42. The van der Waals surface area contributed by atoms with Crippen molar-refractivity contribution in [2.24, 2.45) is 11.8 Å². The Labute approximate surface area is 214 Å². The van der Waals surface area contributed by atoms with E-state index in [0.717, 1.165) is 35.4 Å². The monoisotopic (exact) mass is 504 g/mol. The van der Waals surface area contributed by atoms with Crippen LogP contribution >= 0.6 is 11.8 Å². The van der Waals surface area contributed by atoms with Crippen LogP contribution in [0.1, 0.15) is 25.0 Å². The number of aromatic nitrogens is 3. The van der Waals surface area contributed by atoms with Crippen LogP contribution in [-0.2, 0) is 4.74 Å². The third-order valence-electron chi connectivity index (χ3n) is 7.45. The predicted molar refractivity (Wildman–Crippen MR) is 142 cm³/mol. The number of pyridine rings is 1. The number of thioether (sulfide) groups is 1. The van der Waals surface area contributed by atoms with Crippen LogP contribution in [-0.4, -0.2) is 48.2 Å². The molecule has 0 spiro atoms. The van der Waals surface area contributed by atoms with Gasteiger partial charge in [0.15, 0.2) is 17.8 Å². The molecule has 2 aromatic heterocycles. The van der Waals surface area contributed by atoms with Crippen molar-refractivity contribution in [2.45, 2.75) is 31.3 Å². The van der Waals surface area contributed by atoms with Gasteiger partial charge in [0.2, 0.25) is 0 Å². The van der Waals surface area contributed by atoms with Crippen molar-refractivity contribution in [1.82, 2.24) is 15.0 Å². The molecule has 6 nitrogen and oxygen atoms in total. The second kappa shape index (κ2) is 9.48. The number of ether oxygens (including phenoxy) is 2. The summed E-state index contributed by atoms with van der Waals surface area (Å²) < 4.78 is 27.2. The number of methoxy groups -OCH3 is 1. The molecule has 2 aliphatic rings. The lowest BCUT2D eigenvalue weighted by Gasteiger charge is -2.33. The first kappa shape index (κ1) is 23.4. The Morgan fingerprint density at radius 2 is 1.86 bits per heavy atom. The molecule has 2 aromatic carbocycles. The number of aryl methyl sites for hydroxylation is 1. The Kier molecular flexibility index (Phi) is 6.17. The van der Waals surface area contributed by atoms with Crippen LogP contribution in [0, 0.1) is 24.6 Å². The van der Waals surface area contributed by atoms with Crippen LogP contribution in [0.25, 0.3) is 32.9 Å². The van der Waals surface area contributed by atoms with Gasteiger partial charge in [-0.25, -0.2) is 19.3 Å². The number of piperidine rings is 1. The molecule has 36 heavy (non-hydrogen) atoms. The van der Waals surface area contributed by atoms with Crippen LogP contribution in [0.3, 0.4) is 0 Å². The SMILES string of the molecule is COCOc1cc(-c2nc(C)c3c(N4CC5CCC(C5)C4)nc(SC)nc3c2F)c2ccccc2c1. The summed E-state index contributed by atoms with van der Waals surface area (Å²) in [6.07, 6.45) is 5.76. The van der Waals surface area contributed by atoms with Crippen LogP contribution in [0.4, 0.5) is 10.2 Å². The summed E-state index contributed by atoms with van der Waals surface area (Å²) in [6.45, 7) is 3.96. The maximum Gasteiger partial charge on any atom is 0.189 e. The molecule has 1 saturated heterocycles. The minimum Gasteiger partial charge on any atom is -0.468 e. The average molecular weight is 505 g/mol. The molecular formula is C28H29FN4O2S. The van der Waals surface area contributed by atoms with Crippen molar-refractivity contribution in [3.8, 4) is 17.0 Å². The molecule has 186 valence electrons. The zero-order valence-electron chi connectivity index (χ0n) is 20.8. The molecule has 1 aliphatic heterocycles. The lowest BCUT2D eigenvalue weighted by molar-refractivity contribution is 0.0512. The second-order valence-electron chi connectivity index (χ2n) is 9.81. The Bertz CT molecular complexity index is 1450. The highest BCUT2D eigenvalue weighted by Gasteiger charge is 2.35. The molecular weight excluding hydrogens is 475 g/mol. The standard InChI is InChI=1S/C28H29FN4O2S/c1-16-23-26(31-28(36-3)32-27(23)33-13-17-8-9-18(10-17)14-33)24(29)25(30-16)22-12-20(35-15-34-2)11-19-6-4-5-7-21(19)22/h4-7,11-12,17-18H,8-10,13-15H2,1-3H3. The lowest BCUT2D eigenvalue weighted by atomic mass is 9.98. The fraction of sp³-hybridized carbons (Fsp3) is 0.393. The van der Waals surface area contributed by atoms with Crippen LogP contribution in [0.5, 0.6) is 5.75 Å². The number of hydrogen-bond donors (Lipinski definition) is 0. The van der Waals surface area contributed by atoms with Crippen molar-refractivity contribution in [1.29, 1.82) is 0 Å². The zero-order chi connectivity index (χ0) is 24.8. The minimum atomic E-state index is -0.427. The van der Waals surface area contributed by atoms with Gasteiger partial charge in [0.25, 0.3) is 0 Å². The fourth-order valence-corrected chi connectivity index (χ4v) is 6.23. The Hall–Kier alpha value is -2.97. The van der Waals surface area contributed by atoms with Gasteiger partial charge in [-0.1, -0.05) is 36.0 Å². The normalized spacial score (nSPS) is 19.4. The average Bonchev–Trinajstić information content (AvgIpc) is 3.25. The van der Waals surface area contributed by atoms with Crippen molar-refractivity contribution in [3.63, 3.8) is 0 Å². The molecule has 8 heteroatoms. The maximum absolute atomic E-state index is 16.4. The van der Waals surface area contributed by atoms with Gasteiger partial charge < -0.3 is 14.4 Å². The number of halogens is 1. The van der Waals surface area contributed by atoms with E-state index in [9.17, 15) is 0 Å². The number of fused-ring (bicyclic) bond motifs is 4. The van der Waals surface area contributed by atoms with Gasteiger partial charge in [-0.2, -0.15) is 0 Å². The number of benzene rings is 2. The highest BCUT2D eigenvalue weighted by molar-refractivity contribution is 7.98. The molecule has 1 saturated carbocycles. The number of rotatable bonds is 6. The van der Waals surface area contributed by atoms with Gasteiger partial charge in [0, 0.05) is 25.8 Å². The van der Waals surface area contributed by atoms with Gasteiger partial charge in [-0.05, 0) is 67.2 Å². The molecule has 0 amide bonds. The molecule has 3 heterocycles. The molecule has 0 radical (unpaired) electrons. The largest absolute Gasteiger partial charge is 0.468 e. The number of anilines is 1. The summed E-state index contributed by atoms with van der Waals surface area (Å²) in [5, 5.41) is 3.13. The summed E-state index contributed by atoms with van der Waals surface area (Å²) in [5.41, 5.74) is 2.00. The second-order valence-corrected chi connectivity index (χ2v) is 10.6. The van der Waals surface area contributed by atoms with Gasteiger partial charge in [0.1, 0.15) is 22.8 Å². The molecule has 1 aliphatic carbocycles. The van der Waals surface area contributed by atoms with Gasteiger partial charge in [0.05, 0.1) is 11.1 Å². The first-order valence-corrected chi connectivity index (χ1v) is 13.6. The summed E-state index contributed by atoms with van der Waals surface area (Å²) in [7, 11) is 1.57. The van der Waals surface area contributed by atoms with Gasteiger partial charge in [-0.3, -0.25) is 0 Å². The summed E-state index contributed by atoms with van der Waals surface area (Å²) in [4.78, 5) is 16.7. The smallest absolute Gasteiger partial charge is 0.189 e. The molecule has 6 rings (SSSR count).